The van der Waals surface area contributed by atoms with Gasteiger partial charge in [-0.05, 0) is 50.3 Å². The van der Waals surface area contributed by atoms with Crippen LogP contribution in [0.5, 0.6) is 0 Å². The summed E-state index contributed by atoms with van der Waals surface area (Å²) in [5.74, 6) is -0.0399. The van der Waals surface area contributed by atoms with Crippen LogP contribution in [-0.4, -0.2) is 46.3 Å². The van der Waals surface area contributed by atoms with Gasteiger partial charge in [0.15, 0.2) is 0 Å². The number of piperidine rings is 1. The number of fused-ring (bicyclic) bond motifs is 1. The van der Waals surface area contributed by atoms with Crippen LogP contribution in [0.2, 0.25) is 0 Å². The molecule has 2 N–H and O–H groups in total. The Morgan fingerprint density at radius 1 is 1.33 bits per heavy atom. The third kappa shape index (κ3) is 2.94. The van der Waals surface area contributed by atoms with E-state index >= 15 is 0 Å². The second-order valence-corrected chi connectivity index (χ2v) is 7.08. The molecule has 1 unspecified atom stereocenters. The van der Waals surface area contributed by atoms with E-state index < -0.39 is 5.60 Å². The zero-order valence-corrected chi connectivity index (χ0v) is 14.6. The van der Waals surface area contributed by atoms with Crippen LogP contribution in [-0.2, 0) is 11.2 Å². The molecule has 5 nitrogen and oxygen atoms in total. The average Bonchev–Trinajstić information content (AvgIpc) is 2.97. The van der Waals surface area contributed by atoms with Gasteiger partial charge in [0.1, 0.15) is 11.2 Å². The molecule has 1 atom stereocenters. The number of benzene rings is 1. The van der Waals surface area contributed by atoms with Crippen LogP contribution in [0, 0.1) is 20.8 Å². The molecule has 0 bridgehead atoms. The van der Waals surface area contributed by atoms with E-state index in [9.17, 15) is 15.0 Å². The van der Waals surface area contributed by atoms with Crippen molar-refractivity contribution < 1.29 is 19.4 Å². The van der Waals surface area contributed by atoms with E-state index in [1.165, 1.54) is 5.56 Å². The summed E-state index contributed by atoms with van der Waals surface area (Å²) in [4.78, 5) is 14.3. The summed E-state index contributed by atoms with van der Waals surface area (Å²) in [7, 11) is 0. The summed E-state index contributed by atoms with van der Waals surface area (Å²) in [6.45, 7) is 6.60. The predicted molar refractivity (Wildman–Crippen MR) is 92.0 cm³/mol. The van der Waals surface area contributed by atoms with Crippen LogP contribution >= 0.6 is 0 Å². The van der Waals surface area contributed by atoms with Crippen LogP contribution in [0.4, 0.5) is 0 Å². The quantitative estimate of drug-likeness (QED) is 0.905. The highest BCUT2D eigenvalue weighted by atomic mass is 16.3. The van der Waals surface area contributed by atoms with Crippen LogP contribution in [0.25, 0.3) is 11.0 Å². The number of likely N-dealkylation sites (tertiary alicyclic amines) is 1. The lowest BCUT2D eigenvalue weighted by atomic mass is 9.93. The molecule has 2 aromatic rings. The molecule has 130 valence electrons. The normalized spacial score (nSPS) is 21.5. The van der Waals surface area contributed by atoms with E-state index in [-0.39, 0.29) is 25.5 Å². The lowest BCUT2D eigenvalue weighted by molar-refractivity contribution is -0.139. The number of carbonyl (C=O) groups excluding carboxylic acids is 1. The van der Waals surface area contributed by atoms with Crippen molar-refractivity contribution in [2.24, 2.45) is 0 Å². The number of nitrogens with zero attached hydrogens (tertiary/aromatic N) is 1. The van der Waals surface area contributed by atoms with Crippen LogP contribution < -0.4 is 0 Å². The molecule has 0 spiro atoms. The molecule has 0 radical (unpaired) electrons. The standard InChI is InChI=1S/C19H25NO4/c1-12-7-13(2)17-15(9-24-18(17)14(12)3)8-16(22)20-6-4-5-19(23,10-20)11-21/h7,9,21,23H,4-6,8,10-11H2,1-3H3. The number of furan rings is 1. The maximum Gasteiger partial charge on any atom is 0.227 e. The van der Waals surface area contributed by atoms with Crippen molar-refractivity contribution in [3.05, 3.63) is 34.6 Å². The maximum absolute atomic E-state index is 12.7. The molecule has 1 aliphatic rings. The molecule has 5 heteroatoms. The highest BCUT2D eigenvalue weighted by Gasteiger charge is 2.34. The van der Waals surface area contributed by atoms with Crippen LogP contribution in [0.1, 0.15) is 35.1 Å². The van der Waals surface area contributed by atoms with E-state index in [1.807, 2.05) is 13.8 Å². The molecule has 1 aromatic carbocycles. The molecule has 1 fully saturated rings. The van der Waals surface area contributed by atoms with Crippen molar-refractivity contribution >= 4 is 16.9 Å². The molecular formula is C19H25NO4. The number of hydrogen-bond acceptors (Lipinski definition) is 4. The summed E-state index contributed by atoms with van der Waals surface area (Å²) in [5, 5.41) is 20.6. The van der Waals surface area contributed by atoms with Gasteiger partial charge in [-0.1, -0.05) is 6.07 Å². The summed E-state index contributed by atoms with van der Waals surface area (Å²) in [6.07, 6.45) is 3.15. The van der Waals surface area contributed by atoms with Crippen molar-refractivity contribution in [1.29, 1.82) is 0 Å². The smallest absolute Gasteiger partial charge is 0.227 e. The Kier molecular flexibility index (Phi) is 4.40. The predicted octanol–water partition coefficient (Wildman–Crippen LogP) is 2.25. The largest absolute Gasteiger partial charge is 0.464 e. The van der Waals surface area contributed by atoms with Gasteiger partial charge in [-0.3, -0.25) is 4.79 Å². The first-order valence-corrected chi connectivity index (χ1v) is 8.42. The first-order valence-electron chi connectivity index (χ1n) is 8.42. The number of aryl methyl sites for hydroxylation is 3. The first-order chi connectivity index (χ1) is 11.3. The second-order valence-electron chi connectivity index (χ2n) is 7.08. The second kappa shape index (κ2) is 6.22. The third-order valence-corrected chi connectivity index (χ3v) is 5.17. The lowest BCUT2D eigenvalue weighted by Gasteiger charge is -2.38. The fourth-order valence-electron chi connectivity index (χ4n) is 3.65. The van der Waals surface area contributed by atoms with Gasteiger partial charge in [-0.2, -0.15) is 0 Å². The molecule has 0 saturated carbocycles. The molecule has 1 aliphatic heterocycles. The molecule has 24 heavy (non-hydrogen) atoms. The van der Waals surface area contributed by atoms with Crippen LogP contribution in [0.15, 0.2) is 16.7 Å². The Labute approximate surface area is 141 Å². The van der Waals surface area contributed by atoms with Crippen molar-refractivity contribution in [1.82, 2.24) is 4.90 Å². The SMILES string of the molecule is Cc1cc(C)c2c(CC(=O)N3CCCC(O)(CO)C3)coc2c1C. The Morgan fingerprint density at radius 3 is 2.79 bits per heavy atom. The van der Waals surface area contributed by atoms with Crippen molar-refractivity contribution in [3.8, 4) is 0 Å². The van der Waals surface area contributed by atoms with Gasteiger partial charge in [0.05, 0.1) is 25.8 Å². The van der Waals surface area contributed by atoms with Gasteiger partial charge in [0.25, 0.3) is 0 Å². The molecular weight excluding hydrogens is 306 g/mol. The zero-order valence-electron chi connectivity index (χ0n) is 14.6. The van der Waals surface area contributed by atoms with E-state index in [0.29, 0.717) is 19.4 Å². The van der Waals surface area contributed by atoms with Crippen molar-refractivity contribution in [2.75, 3.05) is 19.7 Å². The highest BCUT2D eigenvalue weighted by Crippen LogP contribution is 2.31. The number of aliphatic hydroxyl groups is 2. The molecule has 1 amide bonds. The van der Waals surface area contributed by atoms with Gasteiger partial charge in [0, 0.05) is 17.5 Å². The fourth-order valence-corrected chi connectivity index (χ4v) is 3.65. The Hall–Kier alpha value is -1.85. The zero-order chi connectivity index (χ0) is 17.5. The van der Waals surface area contributed by atoms with Gasteiger partial charge >= 0.3 is 0 Å². The monoisotopic (exact) mass is 331 g/mol. The van der Waals surface area contributed by atoms with Gasteiger partial charge in [-0.25, -0.2) is 0 Å². The number of β-amino-alcohol motifs (C(OH)–C–C–N with tert-alkyl or cyclic N) is 1. The minimum atomic E-state index is -1.17. The van der Waals surface area contributed by atoms with Gasteiger partial charge in [-0.15, -0.1) is 0 Å². The average molecular weight is 331 g/mol. The molecule has 1 saturated heterocycles. The maximum atomic E-state index is 12.7. The summed E-state index contributed by atoms with van der Waals surface area (Å²) >= 11 is 0. The topological polar surface area (TPSA) is 73.9 Å². The fraction of sp³-hybridized carbons (Fsp3) is 0.526. The number of rotatable bonds is 3. The molecule has 2 heterocycles. The minimum absolute atomic E-state index is 0.0399. The van der Waals surface area contributed by atoms with E-state index in [2.05, 4.69) is 13.0 Å². The lowest BCUT2D eigenvalue weighted by Crippen LogP contribution is -2.52. The highest BCUT2D eigenvalue weighted by molar-refractivity contribution is 5.92. The Balaban J connectivity index is 1.85. The van der Waals surface area contributed by atoms with Gasteiger partial charge < -0.3 is 19.5 Å². The number of carbonyl (C=O) groups is 1. The first kappa shape index (κ1) is 17.0. The Morgan fingerprint density at radius 2 is 2.08 bits per heavy atom. The van der Waals surface area contributed by atoms with E-state index in [4.69, 9.17) is 4.42 Å². The number of aliphatic hydroxyl groups excluding tert-OH is 1. The van der Waals surface area contributed by atoms with E-state index in [1.54, 1.807) is 11.2 Å². The van der Waals surface area contributed by atoms with Crippen LogP contribution in [0.3, 0.4) is 0 Å². The number of hydrogen-bond donors (Lipinski definition) is 2. The molecule has 1 aromatic heterocycles. The Bertz CT molecular complexity index is 779. The number of amides is 1. The summed E-state index contributed by atoms with van der Waals surface area (Å²) < 4.78 is 5.73. The van der Waals surface area contributed by atoms with Gasteiger partial charge in [0.2, 0.25) is 5.91 Å². The third-order valence-electron chi connectivity index (χ3n) is 5.17. The minimum Gasteiger partial charge on any atom is -0.464 e. The van der Waals surface area contributed by atoms with E-state index in [0.717, 1.165) is 27.7 Å². The van der Waals surface area contributed by atoms with Crippen molar-refractivity contribution in [2.45, 2.75) is 45.6 Å². The molecule has 0 aliphatic carbocycles. The summed E-state index contributed by atoms with van der Waals surface area (Å²) in [6, 6.07) is 2.12. The van der Waals surface area contributed by atoms with Crippen molar-refractivity contribution in [3.63, 3.8) is 0 Å². The summed E-state index contributed by atoms with van der Waals surface area (Å²) in [5.41, 5.74) is 3.94. The molecule has 3 rings (SSSR count).